The van der Waals surface area contributed by atoms with Crippen LogP contribution in [0.3, 0.4) is 0 Å². The molecule has 24 heavy (non-hydrogen) atoms. The average Bonchev–Trinajstić information content (AvgIpc) is 2.62. The normalized spacial score (nSPS) is 23.7. The van der Waals surface area contributed by atoms with E-state index >= 15 is 0 Å². The number of carbonyl (C=O) groups is 1. The molecule has 1 aliphatic heterocycles. The number of carbonyl (C=O) groups excluding carboxylic acids is 1. The lowest BCUT2D eigenvalue weighted by atomic mass is 9.80. The quantitative estimate of drug-likeness (QED) is 0.844. The number of piperidine rings is 1. The van der Waals surface area contributed by atoms with Gasteiger partial charge in [0.25, 0.3) is 0 Å². The standard InChI is InChI=1S/C20H22N2O2/c1-2-24-20(23)18-16(21)13-17(14-9-5-3-6-10-14)22-19(18)15-11-7-4-8-12-15/h3-12,17-19,21-22H,2,13H2,1H3/t17-,18+,19+/m1/s1. The lowest BCUT2D eigenvalue weighted by molar-refractivity contribution is -0.146. The van der Waals surface area contributed by atoms with Crippen LogP contribution in [-0.4, -0.2) is 18.3 Å². The second-order valence-corrected chi connectivity index (χ2v) is 5.98. The molecule has 1 aliphatic rings. The van der Waals surface area contributed by atoms with Gasteiger partial charge in [-0.2, -0.15) is 0 Å². The van der Waals surface area contributed by atoms with Crippen LogP contribution >= 0.6 is 0 Å². The third kappa shape index (κ3) is 3.39. The highest BCUT2D eigenvalue weighted by atomic mass is 16.5. The summed E-state index contributed by atoms with van der Waals surface area (Å²) in [5.41, 5.74) is 2.56. The first-order valence-electron chi connectivity index (χ1n) is 8.30. The smallest absolute Gasteiger partial charge is 0.316 e. The fourth-order valence-electron chi connectivity index (χ4n) is 3.28. The Morgan fingerprint density at radius 1 is 1.08 bits per heavy atom. The van der Waals surface area contributed by atoms with Gasteiger partial charge >= 0.3 is 5.97 Å². The van der Waals surface area contributed by atoms with Crippen LogP contribution in [0.5, 0.6) is 0 Å². The van der Waals surface area contributed by atoms with Crippen molar-refractivity contribution in [3.63, 3.8) is 0 Å². The van der Waals surface area contributed by atoms with Gasteiger partial charge in [0.1, 0.15) is 5.92 Å². The summed E-state index contributed by atoms with van der Waals surface area (Å²) >= 11 is 0. The minimum Gasteiger partial charge on any atom is -0.465 e. The molecule has 1 fully saturated rings. The van der Waals surface area contributed by atoms with E-state index in [0.29, 0.717) is 18.7 Å². The van der Waals surface area contributed by atoms with Gasteiger partial charge in [0.15, 0.2) is 0 Å². The van der Waals surface area contributed by atoms with E-state index < -0.39 is 5.92 Å². The Hall–Kier alpha value is -2.46. The maximum absolute atomic E-state index is 12.4. The van der Waals surface area contributed by atoms with Gasteiger partial charge in [-0.05, 0) is 18.1 Å². The van der Waals surface area contributed by atoms with E-state index in [1.165, 1.54) is 0 Å². The van der Waals surface area contributed by atoms with Crippen molar-refractivity contribution in [3.8, 4) is 0 Å². The van der Waals surface area contributed by atoms with E-state index in [1.54, 1.807) is 6.92 Å². The molecule has 0 saturated carbocycles. The summed E-state index contributed by atoms with van der Waals surface area (Å²) in [6.45, 7) is 2.12. The molecule has 0 aromatic heterocycles. The van der Waals surface area contributed by atoms with Crippen LogP contribution in [-0.2, 0) is 9.53 Å². The SMILES string of the molecule is CCOC(=O)[C@H]1C(=N)C[C@H](c2ccccc2)N[C@H]1c1ccccc1. The van der Waals surface area contributed by atoms with E-state index in [1.807, 2.05) is 48.5 Å². The Morgan fingerprint density at radius 2 is 1.67 bits per heavy atom. The number of hydrogen-bond donors (Lipinski definition) is 2. The van der Waals surface area contributed by atoms with Gasteiger partial charge in [0, 0.05) is 18.2 Å². The topological polar surface area (TPSA) is 62.2 Å². The van der Waals surface area contributed by atoms with Crippen LogP contribution in [0.15, 0.2) is 60.7 Å². The van der Waals surface area contributed by atoms with Crippen molar-refractivity contribution in [2.45, 2.75) is 25.4 Å². The number of rotatable bonds is 4. The first-order valence-corrected chi connectivity index (χ1v) is 8.30. The Labute approximate surface area is 142 Å². The first kappa shape index (κ1) is 16.4. The molecular formula is C20H22N2O2. The summed E-state index contributed by atoms with van der Waals surface area (Å²) in [5.74, 6) is -0.900. The lowest BCUT2D eigenvalue weighted by Crippen LogP contribution is -2.46. The Kier molecular flexibility index (Phi) is 5.06. The Bertz CT molecular complexity index is 700. The number of ether oxygens (including phenoxy) is 1. The molecule has 3 rings (SSSR count). The molecule has 3 atom stereocenters. The molecule has 1 heterocycles. The summed E-state index contributed by atoms with van der Waals surface area (Å²) in [5, 5.41) is 12.0. The predicted molar refractivity (Wildman–Crippen MR) is 94.0 cm³/mol. The number of hydrogen-bond acceptors (Lipinski definition) is 4. The van der Waals surface area contributed by atoms with E-state index in [2.05, 4.69) is 17.4 Å². The van der Waals surface area contributed by atoms with Crippen molar-refractivity contribution >= 4 is 11.7 Å². The second kappa shape index (κ2) is 7.41. The van der Waals surface area contributed by atoms with Crippen LogP contribution in [0.1, 0.15) is 36.6 Å². The van der Waals surface area contributed by atoms with E-state index in [-0.39, 0.29) is 18.1 Å². The summed E-state index contributed by atoms with van der Waals surface area (Å²) in [7, 11) is 0. The zero-order valence-corrected chi connectivity index (χ0v) is 13.7. The molecule has 4 nitrogen and oxygen atoms in total. The molecule has 0 aliphatic carbocycles. The number of nitrogens with one attached hydrogen (secondary N) is 2. The molecule has 2 aromatic carbocycles. The maximum Gasteiger partial charge on any atom is 0.316 e. The fourth-order valence-corrected chi connectivity index (χ4v) is 3.28. The predicted octanol–water partition coefficient (Wildman–Crippen LogP) is 3.66. The molecule has 0 spiro atoms. The van der Waals surface area contributed by atoms with E-state index in [0.717, 1.165) is 11.1 Å². The number of benzene rings is 2. The average molecular weight is 322 g/mol. The van der Waals surface area contributed by atoms with Crippen LogP contribution in [0.4, 0.5) is 0 Å². The minimum atomic E-state index is -0.577. The van der Waals surface area contributed by atoms with Crippen LogP contribution in [0.25, 0.3) is 0 Å². The van der Waals surface area contributed by atoms with Crippen LogP contribution in [0, 0.1) is 11.3 Å². The highest BCUT2D eigenvalue weighted by Gasteiger charge is 2.40. The zero-order valence-electron chi connectivity index (χ0n) is 13.7. The Morgan fingerprint density at radius 3 is 2.25 bits per heavy atom. The third-order valence-corrected chi connectivity index (χ3v) is 4.41. The largest absolute Gasteiger partial charge is 0.465 e. The molecule has 0 radical (unpaired) electrons. The summed E-state index contributed by atoms with van der Waals surface area (Å²) < 4.78 is 5.22. The van der Waals surface area contributed by atoms with Gasteiger partial charge in [0.2, 0.25) is 0 Å². The van der Waals surface area contributed by atoms with Crippen LogP contribution in [0.2, 0.25) is 0 Å². The summed E-state index contributed by atoms with van der Waals surface area (Å²) in [6, 6.07) is 19.7. The first-order chi connectivity index (χ1) is 11.7. The van der Waals surface area contributed by atoms with Crippen LogP contribution < -0.4 is 5.32 Å². The van der Waals surface area contributed by atoms with Gasteiger partial charge in [-0.15, -0.1) is 0 Å². The van der Waals surface area contributed by atoms with Crippen molar-refractivity contribution < 1.29 is 9.53 Å². The second-order valence-electron chi connectivity index (χ2n) is 5.98. The van der Waals surface area contributed by atoms with Gasteiger partial charge < -0.3 is 15.5 Å². The molecule has 2 N–H and O–H groups in total. The van der Waals surface area contributed by atoms with Gasteiger partial charge in [-0.1, -0.05) is 60.7 Å². The third-order valence-electron chi connectivity index (χ3n) is 4.41. The monoisotopic (exact) mass is 322 g/mol. The minimum absolute atomic E-state index is 0.0228. The van der Waals surface area contributed by atoms with Crippen molar-refractivity contribution in [1.29, 1.82) is 5.41 Å². The van der Waals surface area contributed by atoms with Crippen molar-refractivity contribution in [3.05, 3.63) is 71.8 Å². The highest BCUT2D eigenvalue weighted by molar-refractivity contribution is 6.02. The summed E-state index contributed by atoms with van der Waals surface area (Å²) in [4.78, 5) is 12.4. The molecule has 4 heteroatoms. The highest BCUT2D eigenvalue weighted by Crippen LogP contribution is 2.35. The van der Waals surface area contributed by atoms with Crippen molar-refractivity contribution in [1.82, 2.24) is 5.32 Å². The lowest BCUT2D eigenvalue weighted by Gasteiger charge is -2.37. The molecule has 0 amide bonds. The molecule has 2 aromatic rings. The fraction of sp³-hybridized carbons (Fsp3) is 0.300. The van der Waals surface area contributed by atoms with Gasteiger partial charge in [-0.25, -0.2) is 0 Å². The molecule has 124 valence electrons. The molecule has 0 bridgehead atoms. The number of esters is 1. The van der Waals surface area contributed by atoms with Gasteiger partial charge in [-0.3, -0.25) is 4.79 Å². The molecular weight excluding hydrogens is 300 g/mol. The zero-order chi connectivity index (χ0) is 16.9. The van der Waals surface area contributed by atoms with E-state index in [9.17, 15) is 4.79 Å². The molecule has 1 saturated heterocycles. The Balaban J connectivity index is 1.93. The maximum atomic E-state index is 12.4. The van der Waals surface area contributed by atoms with Crippen molar-refractivity contribution in [2.75, 3.05) is 6.61 Å². The summed E-state index contributed by atoms with van der Waals surface area (Å²) in [6.07, 6.45) is 0.511. The van der Waals surface area contributed by atoms with Gasteiger partial charge in [0.05, 0.1) is 12.6 Å². The van der Waals surface area contributed by atoms with E-state index in [4.69, 9.17) is 10.1 Å². The van der Waals surface area contributed by atoms with Crippen molar-refractivity contribution in [2.24, 2.45) is 5.92 Å². The molecule has 0 unspecified atom stereocenters.